The molecule has 2 aromatic rings. The topological polar surface area (TPSA) is 111 Å². The number of nitrogens with zero attached hydrogens (tertiary/aromatic N) is 1. The lowest BCUT2D eigenvalue weighted by molar-refractivity contribution is -0.143. The van der Waals surface area contributed by atoms with Crippen LogP contribution in [0.25, 0.3) is 6.08 Å². The first-order chi connectivity index (χ1) is 16.7. The van der Waals surface area contributed by atoms with E-state index in [-0.39, 0.29) is 22.2 Å². The first-order valence-electron chi connectivity index (χ1n) is 10.2. The number of ether oxygens (including phenoxy) is 3. The molecule has 35 heavy (non-hydrogen) atoms. The Bertz CT molecular complexity index is 1200. The van der Waals surface area contributed by atoms with Crippen LogP contribution in [0.4, 0.5) is 14.9 Å². The van der Waals surface area contributed by atoms with Crippen LogP contribution < -0.4 is 14.8 Å². The molecule has 1 aliphatic rings. The summed E-state index contributed by atoms with van der Waals surface area (Å²) in [6.07, 6.45) is 1.48. The number of amides is 3. The van der Waals surface area contributed by atoms with Gasteiger partial charge in [-0.3, -0.25) is 19.3 Å². The van der Waals surface area contributed by atoms with Crippen LogP contribution in [-0.2, 0) is 19.1 Å². The Morgan fingerprint density at radius 1 is 1.14 bits per heavy atom. The third-order valence-corrected chi connectivity index (χ3v) is 5.71. The van der Waals surface area contributed by atoms with Gasteiger partial charge in [0.25, 0.3) is 11.1 Å². The molecule has 3 amide bonds. The number of hydrogen-bond acceptors (Lipinski definition) is 8. The molecular weight excluding hydrogens is 503 g/mol. The highest BCUT2D eigenvalue weighted by Crippen LogP contribution is 2.34. The van der Waals surface area contributed by atoms with Gasteiger partial charge in [0.15, 0.2) is 18.1 Å². The zero-order chi connectivity index (χ0) is 25.5. The molecule has 0 aliphatic carbocycles. The largest absolute Gasteiger partial charge is 0.490 e. The molecule has 12 heteroatoms. The van der Waals surface area contributed by atoms with Crippen molar-refractivity contribution in [2.75, 3.05) is 32.2 Å². The normalized spacial score (nSPS) is 14.3. The van der Waals surface area contributed by atoms with Gasteiger partial charge < -0.3 is 19.5 Å². The number of rotatable bonds is 9. The molecule has 0 unspecified atom stereocenters. The minimum absolute atomic E-state index is 0.110. The molecule has 2 aromatic carbocycles. The summed E-state index contributed by atoms with van der Waals surface area (Å²) in [5.74, 6) is -1.85. The van der Waals surface area contributed by atoms with Crippen molar-refractivity contribution in [1.29, 1.82) is 0 Å². The summed E-state index contributed by atoms with van der Waals surface area (Å²) in [5.41, 5.74) is 0.761. The van der Waals surface area contributed by atoms with Crippen molar-refractivity contribution < 1.29 is 37.8 Å². The van der Waals surface area contributed by atoms with Gasteiger partial charge in [0.05, 0.1) is 23.6 Å². The Labute approximate surface area is 209 Å². The maximum atomic E-state index is 13.3. The molecule has 1 fully saturated rings. The lowest BCUT2D eigenvalue weighted by Crippen LogP contribution is -2.36. The van der Waals surface area contributed by atoms with E-state index in [4.69, 9.17) is 21.1 Å². The van der Waals surface area contributed by atoms with E-state index in [1.54, 1.807) is 25.1 Å². The van der Waals surface area contributed by atoms with E-state index in [1.165, 1.54) is 25.3 Å². The first-order valence-corrected chi connectivity index (χ1v) is 11.4. The van der Waals surface area contributed by atoms with E-state index in [0.717, 1.165) is 11.0 Å². The number of carbonyl (C=O) groups is 4. The van der Waals surface area contributed by atoms with E-state index >= 15 is 0 Å². The second-order valence-electron chi connectivity index (χ2n) is 6.95. The molecule has 1 aliphatic heterocycles. The van der Waals surface area contributed by atoms with Gasteiger partial charge in [0.1, 0.15) is 12.4 Å². The third kappa shape index (κ3) is 6.74. The maximum Gasteiger partial charge on any atom is 0.343 e. The number of benzene rings is 2. The Kier molecular flexibility index (Phi) is 8.72. The van der Waals surface area contributed by atoms with Gasteiger partial charge in [-0.15, -0.1) is 0 Å². The highest BCUT2D eigenvalue weighted by Gasteiger charge is 2.36. The van der Waals surface area contributed by atoms with Crippen LogP contribution in [0.1, 0.15) is 12.5 Å². The average Bonchev–Trinajstić information content (AvgIpc) is 3.08. The van der Waals surface area contributed by atoms with Gasteiger partial charge in [-0.05, 0) is 60.7 Å². The third-order valence-electron chi connectivity index (χ3n) is 4.52. The standard InChI is InChI=1S/C23H20ClFN2O7S/c1-3-33-18-8-13(4-7-17(18)34-12-21(29)32-2)9-19-22(30)27(23(31)35-19)11-20(28)26-14-5-6-16(25)15(24)10-14/h4-10H,3,11-12H2,1-2H3,(H,26,28)/b19-9+. The van der Waals surface area contributed by atoms with Crippen LogP contribution in [0.15, 0.2) is 41.3 Å². The predicted octanol–water partition coefficient (Wildman–Crippen LogP) is 4.10. The molecule has 0 atom stereocenters. The molecule has 1 saturated heterocycles. The number of methoxy groups -OCH3 is 1. The number of carbonyl (C=O) groups excluding carboxylic acids is 4. The van der Waals surface area contributed by atoms with Crippen molar-refractivity contribution in [3.05, 3.63) is 57.7 Å². The lowest BCUT2D eigenvalue weighted by atomic mass is 10.2. The molecular formula is C23H20ClFN2O7S. The van der Waals surface area contributed by atoms with E-state index in [1.807, 2.05) is 0 Å². The minimum Gasteiger partial charge on any atom is -0.490 e. The fraction of sp³-hybridized carbons (Fsp3) is 0.217. The van der Waals surface area contributed by atoms with Crippen molar-refractivity contribution in [3.63, 3.8) is 0 Å². The van der Waals surface area contributed by atoms with Crippen molar-refractivity contribution in [2.24, 2.45) is 0 Å². The second kappa shape index (κ2) is 11.7. The summed E-state index contributed by atoms with van der Waals surface area (Å²) >= 11 is 6.38. The highest BCUT2D eigenvalue weighted by molar-refractivity contribution is 8.18. The van der Waals surface area contributed by atoms with Crippen LogP contribution in [0.2, 0.25) is 5.02 Å². The Hall–Kier alpha value is -3.57. The summed E-state index contributed by atoms with van der Waals surface area (Å²) in [4.78, 5) is 49.7. The van der Waals surface area contributed by atoms with E-state index in [2.05, 4.69) is 10.1 Å². The fourth-order valence-electron chi connectivity index (χ4n) is 2.90. The first kappa shape index (κ1) is 26.0. The van der Waals surface area contributed by atoms with Gasteiger partial charge in [0, 0.05) is 5.69 Å². The van der Waals surface area contributed by atoms with Crippen molar-refractivity contribution in [3.8, 4) is 11.5 Å². The fourth-order valence-corrected chi connectivity index (χ4v) is 3.92. The number of nitrogens with one attached hydrogen (secondary N) is 1. The summed E-state index contributed by atoms with van der Waals surface area (Å²) in [7, 11) is 1.24. The Morgan fingerprint density at radius 2 is 1.91 bits per heavy atom. The number of anilines is 1. The van der Waals surface area contributed by atoms with Gasteiger partial charge in [-0.2, -0.15) is 0 Å². The summed E-state index contributed by atoms with van der Waals surface area (Å²) in [6.45, 7) is 1.26. The Balaban J connectivity index is 1.71. The van der Waals surface area contributed by atoms with Crippen LogP contribution >= 0.6 is 23.4 Å². The quantitative estimate of drug-likeness (QED) is 0.387. The molecule has 1 heterocycles. The smallest absolute Gasteiger partial charge is 0.343 e. The second-order valence-corrected chi connectivity index (χ2v) is 8.35. The number of imide groups is 1. The van der Waals surface area contributed by atoms with Crippen molar-refractivity contribution >= 4 is 58.1 Å². The SMILES string of the molecule is CCOc1cc(/C=C2/SC(=O)N(CC(=O)Nc3ccc(F)c(Cl)c3)C2=O)ccc1OCC(=O)OC. The van der Waals surface area contributed by atoms with E-state index in [9.17, 15) is 23.6 Å². The van der Waals surface area contributed by atoms with Crippen LogP contribution in [0.3, 0.4) is 0 Å². The van der Waals surface area contributed by atoms with Gasteiger partial charge in [0.2, 0.25) is 5.91 Å². The molecule has 9 nitrogen and oxygen atoms in total. The summed E-state index contributed by atoms with van der Waals surface area (Å²) < 4.78 is 28.8. The number of thioether (sulfide) groups is 1. The molecule has 3 rings (SSSR count). The minimum atomic E-state index is -0.651. The maximum absolute atomic E-state index is 13.3. The number of hydrogen-bond donors (Lipinski definition) is 1. The van der Waals surface area contributed by atoms with Crippen LogP contribution in [0, 0.1) is 5.82 Å². The molecule has 1 N–H and O–H groups in total. The summed E-state index contributed by atoms with van der Waals surface area (Å²) in [6, 6.07) is 8.38. The molecule has 0 radical (unpaired) electrons. The zero-order valence-electron chi connectivity index (χ0n) is 18.6. The van der Waals surface area contributed by atoms with E-state index in [0.29, 0.717) is 35.4 Å². The van der Waals surface area contributed by atoms with Crippen molar-refractivity contribution in [2.45, 2.75) is 6.92 Å². The Morgan fingerprint density at radius 3 is 2.60 bits per heavy atom. The zero-order valence-corrected chi connectivity index (χ0v) is 20.2. The van der Waals surface area contributed by atoms with Gasteiger partial charge in [-0.25, -0.2) is 9.18 Å². The van der Waals surface area contributed by atoms with Crippen molar-refractivity contribution in [1.82, 2.24) is 4.90 Å². The summed E-state index contributed by atoms with van der Waals surface area (Å²) in [5, 5.41) is 1.68. The highest BCUT2D eigenvalue weighted by atomic mass is 35.5. The van der Waals surface area contributed by atoms with Crippen LogP contribution in [-0.4, -0.2) is 54.8 Å². The number of esters is 1. The van der Waals surface area contributed by atoms with E-state index < -0.39 is 35.4 Å². The molecule has 0 saturated carbocycles. The molecule has 184 valence electrons. The molecule has 0 aromatic heterocycles. The molecule has 0 spiro atoms. The molecule has 0 bridgehead atoms. The predicted molar refractivity (Wildman–Crippen MR) is 128 cm³/mol. The number of halogens is 2. The van der Waals surface area contributed by atoms with Gasteiger partial charge >= 0.3 is 5.97 Å². The van der Waals surface area contributed by atoms with Crippen LogP contribution in [0.5, 0.6) is 11.5 Å². The monoisotopic (exact) mass is 522 g/mol. The van der Waals surface area contributed by atoms with Gasteiger partial charge in [-0.1, -0.05) is 17.7 Å². The lowest BCUT2D eigenvalue weighted by Gasteiger charge is -2.13. The average molecular weight is 523 g/mol.